The third-order valence-electron chi connectivity index (χ3n) is 8.22. The van der Waals surface area contributed by atoms with E-state index >= 15 is 0 Å². The number of nitrogens with one attached hydrogen (secondary N) is 1. The third-order valence-corrected chi connectivity index (χ3v) is 10.2. The van der Waals surface area contributed by atoms with Gasteiger partial charge in [-0.2, -0.15) is 22.0 Å². The summed E-state index contributed by atoms with van der Waals surface area (Å²) in [7, 11) is 0.376. The van der Waals surface area contributed by atoms with Gasteiger partial charge >= 0.3 is 0 Å². The molecule has 210 valence electrons. The van der Waals surface area contributed by atoms with Crippen molar-refractivity contribution < 1.29 is 22.3 Å². The minimum atomic E-state index is -3.50. The largest absolute Gasteiger partial charge is 0.388 e. The summed E-state index contributed by atoms with van der Waals surface area (Å²) >= 11 is 0. The lowest BCUT2D eigenvalue weighted by Crippen LogP contribution is -2.62. The number of hydrogen-bond donors (Lipinski definition) is 2. The summed E-state index contributed by atoms with van der Waals surface area (Å²) in [5.74, 6) is 0.228. The Balaban J connectivity index is 1.34. The molecular weight excluding hydrogens is 520 g/mol. The lowest BCUT2D eigenvalue weighted by atomic mass is 9.99. The SMILES string of the molecule is CN(C)C1CN(S(=O)(=O)N2CCC(Nc3ncc4cc(C(F)F)c(=O)n([C@@H]5CCC[C@@]5(C)O)c4n3)CC2)C1. The first-order valence-corrected chi connectivity index (χ1v) is 14.4. The van der Waals surface area contributed by atoms with E-state index in [2.05, 4.69) is 15.3 Å². The quantitative estimate of drug-likeness (QED) is 0.528. The van der Waals surface area contributed by atoms with Crippen LogP contribution in [0.25, 0.3) is 11.0 Å². The highest BCUT2D eigenvalue weighted by molar-refractivity contribution is 7.86. The van der Waals surface area contributed by atoms with Gasteiger partial charge in [-0.3, -0.25) is 9.36 Å². The number of halogens is 2. The third kappa shape index (κ3) is 4.92. The average Bonchev–Trinajstić information content (AvgIpc) is 3.16. The molecule has 2 aromatic rings. The highest BCUT2D eigenvalue weighted by atomic mass is 32.2. The predicted molar refractivity (Wildman–Crippen MR) is 138 cm³/mol. The maximum Gasteiger partial charge on any atom is 0.282 e. The van der Waals surface area contributed by atoms with Crippen molar-refractivity contribution in [2.24, 2.45) is 0 Å². The van der Waals surface area contributed by atoms with Crippen molar-refractivity contribution in [3.05, 3.63) is 28.2 Å². The standard InChI is InChI=1S/C24H35F2N7O4S/c1-24(35)8-4-5-19(24)33-21-15(11-18(20(25)26)22(33)34)12-27-23(29-21)28-16-6-9-31(10-7-16)38(36,37)32-13-17(14-32)30(2)3/h11-12,16-17,19-20,35H,4-10,13-14H2,1-3H3,(H,27,28,29)/t19-,24-/m1/s1. The second-order valence-electron chi connectivity index (χ2n) is 11.1. The van der Waals surface area contributed by atoms with Gasteiger partial charge < -0.3 is 15.3 Å². The van der Waals surface area contributed by atoms with E-state index in [9.17, 15) is 27.1 Å². The zero-order chi connectivity index (χ0) is 27.4. The van der Waals surface area contributed by atoms with Crippen LogP contribution in [0.5, 0.6) is 0 Å². The van der Waals surface area contributed by atoms with Crippen LogP contribution in [-0.2, 0) is 10.2 Å². The first-order valence-electron chi connectivity index (χ1n) is 13.0. The summed E-state index contributed by atoms with van der Waals surface area (Å²) in [5, 5.41) is 14.4. The number of aromatic nitrogens is 3. The first kappa shape index (κ1) is 27.3. The van der Waals surface area contributed by atoms with Gasteiger partial charge in [-0.25, -0.2) is 13.8 Å². The molecule has 4 heterocycles. The summed E-state index contributed by atoms with van der Waals surface area (Å²) < 4.78 is 57.5. The van der Waals surface area contributed by atoms with Crippen LogP contribution >= 0.6 is 0 Å². The highest BCUT2D eigenvalue weighted by Crippen LogP contribution is 2.40. The number of alkyl halides is 2. The molecule has 2 aromatic heterocycles. The summed E-state index contributed by atoms with van der Waals surface area (Å²) in [6, 6.07) is 0.573. The predicted octanol–water partition coefficient (Wildman–Crippen LogP) is 1.57. The highest BCUT2D eigenvalue weighted by Gasteiger charge is 2.42. The molecule has 0 unspecified atom stereocenters. The van der Waals surface area contributed by atoms with Crippen molar-refractivity contribution >= 4 is 27.2 Å². The molecule has 0 bridgehead atoms. The van der Waals surface area contributed by atoms with E-state index in [1.165, 1.54) is 19.4 Å². The zero-order valence-corrected chi connectivity index (χ0v) is 22.7. The molecule has 0 aromatic carbocycles. The van der Waals surface area contributed by atoms with E-state index < -0.39 is 39.4 Å². The number of nitrogens with zero attached hydrogens (tertiary/aromatic N) is 6. The van der Waals surface area contributed by atoms with Crippen molar-refractivity contribution in [3.8, 4) is 0 Å². The van der Waals surface area contributed by atoms with Crippen molar-refractivity contribution in [1.29, 1.82) is 0 Å². The van der Waals surface area contributed by atoms with Crippen LogP contribution in [0.1, 0.15) is 57.1 Å². The number of hydrogen-bond acceptors (Lipinski definition) is 8. The fraction of sp³-hybridized carbons (Fsp3) is 0.708. The number of rotatable bonds is 7. The van der Waals surface area contributed by atoms with Gasteiger partial charge in [-0.05, 0) is 59.2 Å². The number of fused-ring (bicyclic) bond motifs is 1. The monoisotopic (exact) mass is 555 g/mol. The summed E-state index contributed by atoms with van der Waals surface area (Å²) in [6.45, 7) is 3.29. The lowest BCUT2D eigenvalue weighted by Gasteiger charge is -2.44. The number of anilines is 1. The molecule has 2 saturated heterocycles. The van der Waals surface area contributed by atoms with Crippen LogP contribution in [0.4, 0.5) is 14.7 Å². The van der Waals surface area contributed by atoms with Gasteiger partial charge in [0.2, 0.25) is 5.95 Å². The van der Waals surface area contributed by atoms with Crippen molar-refractivity contribution in [1.82, 2.24) is 28.0 Å². The van der Waals surface area contributed by atoms with E-state index in [1.54, 1.807) is 6.92 Å². The molecule has 1 saturated carbocycles. The Kier molecular flexibility index (Phi) is 7.22. The summed E-state index contributed by atoms with van der Waals surface area (Å²) in [6.07, 6.45) is 1.11. The molecule has 3 fully saturated rings. The van der Waals surface area contributed by atoms with Gasteiger partial charge in [0.25, 0.3) is 22.2 Å². The van der Waals surface area contributed by atoms with E-state index in [4.69, 9.17) is 0 Å². The maximum absolute atomic E-state index is 13.7. The molecule has 3 aliphatic rings. The van der Waals surface area contributed by atoms with Crippen LogP contribution in [0.15, 0.2) is 17.1 Å². The lowest BCUT2D eigenvalue weighted by molar-refractivity contribution is 0.0261. The van der Waals surface area contributed by atoms with Gasteiger partial charge in [0.05, 0.1) is 17.2 Å². The number of aliphatic hydroxyl groups is 1. The van der Waals surface area contributed by atoms with E-state index in [0.29, 0.717) is 63.7 Å². The minimum Gasteiger partial charge on any atom is -0.388 e. The molecule has 2 aliphatic heterocycles. The minimum absolute atomic E-state index is 0.0973. The Morgan fingerprint density at radius 1 is 1.18 bits per heavy atom. The number of pyridine rings is 1. The Hall–Kier alpha value is -2.26. The topological polar surface area (TPSA) is 124 Å². The zero-order valence-electron chi connectivity index (χ0n) is 21.8. The number of likely N-dealkylation sites (N-methyl/N-ethyl adjacent to an activating group) is 1. The molecule has 5 rings (SSSR count). The van der Waals surface area contributed by atoms with Crippen LogP contribution in [0.2, 0.25) is 0 Å². The molecule has 2 N–H and O–H groups in total. The summed E-state index contributed by atoms with van der Waals surface area (Å²) in [4.78, 5) is 23.9. The molecule has 11 nitrogen and oxygen atoms in total. The van der Waals surface area contributed by atoms with Gasteiger partial charge in [-0.15, -0.1) is 0 Å². The van der Waals surface area contributed by atoms with Gasteiger partial charge in [0.15, 0.2) is 0 Å². The van der Waals surface area contributed by atoms with E-state index in [0.717, 1.165) is 6.07 Å². The normalized spacial score (nSPS) is 26.5. The van der Waals surface area contributed by atoms with Crippen LogP contribution in [-0.4, -0.2) is 99.5 Å². The number of piperidine rings is 1. The van der Waals surface area contributed by atoms with Crippen LogP contribution in [0.3, 0.4) is 0 Å². The molecule has 0 radical (unpaired) electrons. The smallest absolute Gasteiger partial charge is 0.282 e. The Labute approximate surface area is 220 Å². The van der Waals surface area contributed by atoms with Crippen LogP contribution < -0.4 is 10.9 Å². The molecule has 14 heteroatoms. The molecular formula is C24H35F2N7O4S. The van der Waals surface area contributed by atoms with Gasteiger partial charge in [0.1, 0.15) is 5.65 Å². The second kappa shape index (κ2) is 10.0. The average molecular weight is 556 g/mol. The molecule has 38 heavy (non-hydrogen) atoms. The van der Waals surface area contributed by atoms with Gasteiger partial charge in [-0.1, -0.05) is 0 Å². The fourth-order valence-corrected chi connectivity index (χ4v) is 7.42. The summed E-state index contributed by atoms with van der Waals surface area (Å²) in [5.41, 5.74) is -2.53. The molecule has 0 spiro atoms. The first-order chi connectivity index (χ1) is 17.9. The van der Waals surface area contributed by atoms with Gasteiger partial charge in [0, 0.05) is 49.8 Å². The Morgan fingerprint density at radius 2 is 1.87 bits per heavy atom. The van der Waals surface area contributed by atoms with Crippen molar-refractivity contribution in [2.45, 2.75) is 69.2 Å². The molecule has 0 amide bonds. The molecule has 1 aliphatic carbocycles. The Morgan fingerprint density at radius 3 is 2.45 bits per heavy atom. The van der Waals surface area contributed by atoms with Crippen molar-refractivity contribution in [2.75, 3.05) is 45.6 Å². The molecule has 2 atom stereocenters. The second-order valence-corrected chi connectivity index (χ2v) is 13.0. The van der Waals surface area contributed by atoms with E-state index in [-0.39, 0.29) is 23.7 Å². The van der Waals surface area contributed by atoms with Crippen LogP contribution in [0, 0.1) is 0 Å². The van der Waals surface area contributed by atoms with E-state index in [1.807, 2.05) is 19.0 Å². The maximum atomic E-state index is 13.7. The fourth-order valence-electron chi connectivity index (χ4n) is 5.70. The van der Waals surface area contributed by atoms with Crippen molar-refractivity contribution in [3.63, 3.8) is 0 Å². The Bertz CT molecular complexity index is 1350.